The Morgan fingerprint density at radius 1 is 1.34 bits per heavy atom. The lowest BCUT2D eigenvalue weighted by atomic mass is 9.80. The number of likely N-dealkylation sites (N-methyl/N-ethyl adjacent to an activating group) is 1. The number of rotatable bonds is 8. The summed E-state index contributed by atoms with van der Waals surface area (Å²) >= 11 is 0. The van der Waals surface area contributed by atoms with Crippen molar-refractivity contribution in [2.45, 2.75) is 26.7 Å². The number of carbonyl (C=O) groups excluding carboxylic acids is 1. The highest BCUT2D eigenvalue weighted by Crippen LogP contribution is 2.40. The van der Waals surface area contributed by atoms with E-state index in [1.54, 1.807) is 20.0 Å². The number of nitrogens with one attached hydrogen (secondary N) is 2. The van der Waals surface area contributed by atoms with Gasteiger partial charge in [0.15, 0.2) is 5.84 Å². The molecule has 0 aromatic heterocycles. The van der Waals surface area contributed by atoms with Crippen LogP contribution in [0.2, 0.25) is 0 Å². The summed E-state index contributed by atoms with van der Waals surface area (Å²) in [7, 11) is 3.47. The van der Waals surface area contributed by atoms with Crippen molar-refractivity contribution >= 4 is 11.8 Å². The fourth-order valence-electron chi connectivity index (χ4n) is 3.71. The van der Waals surface area contributed by atoms with Gasteiger partial charge >= 0.3 is 5.97 Å². The first-order chi connectivity index (χ1) is 15.4. The molecule has 32 heavy (non-hydrogen) atoms. The third kappa shape index (κ3) is 5.18. The molecule has 0 bridgehead atoms. The Hall–Kier alpha value is -3.58. The molecule has 1 aromatic carbocycles. The molecular formula is C25H32N4O3. The van der Waals surface area contributed by atoms with Crippen LogP contribution in [0.15, 0.2) is 94.6 Å². The zero-order valence-electron chi connectivity index (χ0n) is 19.3. The average Bonchev–Trinajstić information content (AvgIpc) is 2.80. The van der Waals surface area contributed by atoms with Crippen molar-refractivity contribution in [3.05, 3.63) is 95.1 Å². The van der Waals surface area contributed by atoms with E-state index in [1.807, 2.05) is 74.4 Å². The Balaban J connectivity index is 2.87. The second-order valence-electron chi connectivity index (χ2n) is 7.06. The van der Waals surface area contributed by atoms with Crippen LogP contribution in [0.4, 0.5) is 0 Å². The summed E-state index contributed by atoms with van der Waals surface area (Å²) in [5.74, 6) is -0.0455. The van der Waals surface area contributed by atoms with Crippen LogP contribution in [0.3, 0.4) is 0 Å². The van der Waals surface area contributed by atoms with Gasteiger partial charge in [-0.25, -0.2) is 4.79 Å². The van der Waals surface area contributed by atoms with E-state index in [0.29, 0.717) is 22.7 Å². The van der Waals surface area contributed by atoms with E-state index in [-0.39, 0.29) is 12.4 Å². The average molecular weight is 437 g/mol. The number of esters is 1. The van der Waals surface area contributed by atoms with E-state index in [9.17, 15) is 10.0 Å². The zero-order valence-corrected chi connectivity index (χ0v) is 19.3. The first-order valence-corrected chi connectivity index (χ1v) is 10.4. The van der Waals surface area contributed by atoms with Crippen LogP contribution in [0.5, 0.6) is 0 Å². The third-order valence-corrected chi connectivity index (χ3v) is 5.10. The van der Waals surface area contributed by atoms with Gasteiger partial charge in [-0.3, -0.25) is 15.7 Å². The number of dihydropyridines is 1. The van der Waals surface area contributed by atoms with Crippen LogP contribution in [0.25, 0.3) is 0 Å². The summed E-state index contributed by atoms with van der Waals surface area (Å²) in [6, 6.07) is 9.62. The summed E-state index contributed by atoms with van der Waals surface area (Å²) in [5, 5.41) is 13.3. The zero-order chi connectivity index (χ0) is 23.7. The molecule has 170 valence electrons. The van der Waals surface area contributed by atoms with Crippen molar-refractivity contribution in [3.8, 4) is 0 Å². The number of benzene rings is 1. The first-order valence-electron chi connectivity index (χ1n) is 10.4. The summed E-state index contributed by atoms with van der Waals surface area (Å²) in [6.45, 7) is 9.61. The molecule has 0 amide bonds. The van der Waals surface area contributed by atoms with Gasteiger partial charge in [-0.1, -0.05) is 49.1 Å². The van der Waals surface area contributed by atoms with E-state index >= 15 is 0 Å². The molecule has 1 aliphatic rings. The normalized spacial score (nSPS) is 17.4. The molecule has 0 saturated carbocycles. The molecule has 7 heteroatoms. The SMILES string of the molecule is C=C/C=C(\C=C/C)N(C)C1=C(C(=NC)NO)C(c2ccccc2)C(C(=O)OCC)=C(C)N1. The Morgan fingerprint density at radius 2 is 2.03 bits per heavy atom. The number of hydrogen-bond donors (Lipinski definition) is 3. The highest BCUT2D eigenvalue weighted by atomic mass is 16.5. The molecule has 0 fully saturated rings. The van der Waals surface area contributed by atoms with Gasteiger partial charge in [0.05, 0.1) is 18.1 Å². The Morgan fingerprint density at radius 3 is 2.56 bits per heavy atom. The van der Waals surface area contributed by atoms with Gasteiger partial charge in [0.1, 0.15) is 5.82 Å². The van der Waals surface area contributed by atoms with Crippen molar-refractivity contribution < 1.29 is 14.7 Å². The maximum absolute atomic E-state index is 13.0. The molecule has 1 unspecified atom stereocenters. The van der Waals surface area contributed by atoms with Crippen LogP contribution < -0.4 is 10.8 Å². The van der Waals surface area contributed by atoms with Crippen LogP contribution in [-0.2, 0) is 9.53 Å². The summed E-state index contributed by atoms with van der Waals surface area (Å²) in [4.78, 5) is 19.2. The number of hydrogen-bond acceptors (Lipinski definition) is 6. The van der Waals surface area contributed by atoms with Gasteiger partial charge in [0.25, 0.3) is 0 Å². The third-order valence-electron chi connectivity index (χ3n) is 5.10. The van der Waals surface area contributed by atoms with E-state index < -0.39 is 11.9 Å². The van der Waals surface area contributed by atoms with Gasteiger partial charge in [-0.2, -0.15) is 0 Å². The number of aliphatic imine (C=N–C) groups is 1. The fourth-order valence-corrected chi connectivity index (χ4v) is 3.71. The minimum absolute atomic E-state index is 0.237. The minimum Gasteiger partial charge on any atom is -0.463 e. The van der Waals surface area contributed by atoms with Crippen LogP contribution in [0, 0.1) is 0 Å². The number of nitrogens with zero attached hydrogens (tertiary/aromatic N) is 2. The maximum atomic E-state index is 13.0. The van der Waals surface area contributed by atoms with Crippen LogP contribution in [-0.4, -0.2) is 42.6 Å². The van der Waals surface area contributed by atoms with Crippen molar-refractivity contribution in [1.82, 2.24) is 15.7 Å². The number of ether oxygens (including phenoxy) is 1. The van der Waals surface area contributed by atoms with Crippen LogP contribution >= 0.6 is 0 Å². The monoisotopic (exact) mass is 436 g/mol. The smallest absolute Gasteiger partial charge is 0.336 e. The lowest BCUT2D eigenvalue weighted by molar-refractivity contribution is -0.138. The van der Waals surface area contributed by atoms with Gasteiger partial charge in [-0.05, 0) is 38.5 Å². The molecule has 0 aliphatic carbocycles. The predicted octanol–water partition coefficient (Wildman–Crippen LogP) is 4.01. The number of allylic oxidation sites excluding steroid dienone is 5. The van der Waals surface area contributed by atoms with Gasteiger partial charge in [0.2, 0.25) is 0 Å². The fraction of sp³-hybridized carbons (Fsp3) is 0.280. The summed E-state index contributed by atoms with van der Waals surface area (Å²) < 4.78 is 5.39. The Labute approximate surface area is 190 Å². The number of carbonyl (C=O) groups is 1. The molecule has 1 atom stereocenters. The maximum Gasteiger partial charge on any atom is 0.336 e. The number of hydroxylamine groups is 1. The molecule has 0 saturated heterocycles. The molecule has 3 N–H and O–H groups in total. The molecule has 7 nitrogen and oxygen atoms in total. The second kappa shape index (κ2) is 11.7. The van der Waals surface area contributed by atoms with E-state index in [0.717, 1.165) is 11.3 Å². The van der Waals surface area contributed by atoms with E-state index in [4.69, 9.17) is 4.74 Å². The summed E-state index contributed by atoms with van der Waals surface area (Å²) in [6.07, 6.45) is 7.45. The molecule has 0 spiro atoms. The number of amidine groups is 1. The Kier molecular flexibility index (Phi) is 9.04. The largest absolute Gasteiger partial charge is 0.463 e. The topological polar surface area (TPSA) is 86.2 Å². The van der Waals surface area contributed by atoms with E-state index in [2.05, 4.69) is 22.4 Å². The minimum atomic E-state index is -0.525. The Bertz CT molecular complexity index is 988. The lowest BCUT2D eigenvalue weighted by Crippen LogP contribution is -2.41. The molecule has 1 aromatic rings. The van der Waals surface area contributed by atoms with Gasteiger partial charge < -0.3 is 15.0 Å². The lowest BCUT2D eigenvalue weighted by Gasteiger charge is -2.36. The highest BCUT2D eigenvalue weighted by molar-refractivity contribution is 6.04. The van der Waals surface area contributed by atoms with Crippen molar-refractivity contribution in [2.75, 3.05) is 20.7 Å². The van der Waals surface area contributed by atoms with Gasteiger partial charge in [-0.15, -0.1) is 0 Å². The molecule has 1 aliphatic heterocycles. The molecule has 0 radical (unpaired) electrons. The predicted molar refractivity (Wildman–Crippen MR) is 128 cm³/mol. The van der Waals surface area contributed by atoms with Crippen molar-refractivity contribution in [1.29, 1.82) is 0 Å². The second-order valence-corrected chi connectivity index (χ2v) is 7.06. The van der Waals surface area contributed by atoms with Gasteiger partial charge in [0, 0.05) is 31.1 Å². The molecule has 2 rings (SSSR count). The molecular weight excluding hydrogens is 404 g/mol. The van der Waals surface area contributed by atoms with E-state index in [1.165, 1.54) is 0 Å². The van der Waals surface area contributed by atoms with Crippen molar-refractivity contribution in [3.63, 3.8) is 0 Å². The highest BCUT2D eigenvalue weighted by Gasteiger charge is 2.38. The molecule has 1 heterocycles. The summed E-state index contributed by atoms with van der Waals surface area (Å²) in [5.41, 5.74) is 5.66. The van der Waals surface area contributed by atoms with Crippen molar-refractivity contribution in [2.24, 2.45) is 4.99 Å². The standard InChI is InChI=1S/C25H32N4O3/c1-7-13-19(14-8-2)29(6)24-22(23(26-5)28-31)21(18-15-11-10-12-16-18)20(17(4)27-24)25(30)32-9-3/h7-8,10-16,21,27,31H,1,9H2,2-6H3,(H,26,28)/b14-8-,19-13+. The quantitative estimate of drug-likeness (QED) is 0.188. The van der Waals surface area contributed by atoms with Crippen LogP contribution in [0.1, 0.15) is 32.3 Å². The first kappa shape index (κ1) is 24.7.